The highest BCUT2D eigenvalue weighted by molar-refractivity contribution is 5.98. The van der Waals surface area contributed by atoms with Crippen LogP contribution in [0.15, 0.2) is 122 Å². The molecule has 0 aliphatic carbocycles. The summed E-state index contributed by atoms with van der Waals surface area (Å²) in [6, 6.07) is 23.2. The summed E-state index contributed by atoms with van der Waals surface area (Å²) in [5.41, 5.74) is -2.01. The number of nitrogens with one attached hydrogen (secondary N) is 1. The molecule has 13 nitrogen and oxygen atoms in total. The molecule has 13 heteroatoms. The van der Waals surface area contributed by atoms with Gasteiger partial charge in [-0.05, 0) is 42.5 Å². The second-order valence-electron chi connectivity index (χ2n) is 10.0. The molecule has 218 valence electrons. The molecule has 0 radical (unpaired) electrons. The number of fused-ring (bicyclic) bond motifs is 3. The monoisotopic (exact) mass is 589 g/mol. The Labute approximate surface area is 247 Å². The summed E-state index contributed by atoms with van der Waals surface area (Å²) in [7, 11) is 1.45. The second-order valence-corrected chi connectivity index (χ2v) is 10.0. The summed E-state index contributed by atoms with van der Waals surface area (Å²) in [5, 5.41) is 2.59. The van der Waals surface area contributed by atoms with Crippen LogP contribution in [0.4, 0.5) is 0 Å². The summed E-state index contributed by atoms with van der Waals surface area (Å²) in [4.78, 5) is 74.1. The Balaban J connectivity index is 1.59. The number of pyridine rings is 1. The third kappa shape index (κ3) is 3.94. The van der Waals surface area contributed by atoms with Crippen LogP contribution in [0, 0.1) is 0 Å². The molecule has 0 spiro atoms. The zero-order valence-corrected chi connectivity index (χ0v) is 23.1. The van der Waals surface area contributed by atoms with Gasteiger partial charge in [-0.25, -0.2) is 42.8 Å². The fourth-order valence-corrected chi connectivity index (χ4v) is 5.69. The van der Waals surface area contributed by atoms with Gasteiger partial charge in [0.2, 0.25) is 5.78 Å². The highest BCUT2D eigenvalue weighted by Gasteiger charge is 2.45. The van der Waals surface area contributed by atoms with Gasteiger partial charge in [-0.15, -0.1) is 0 Å². The van der Waals surface area contributed by atoms with E-state index in [0.717, 1.165) is 23.2 Å². The molecule has 1 N–H and O–H groups in total. The van der Waals surface area contributed by atoms with Crippen LogP contribution in [0.25, 0.3) is 17.1 Å². The lowest BCUT2D eigenvalue weighted by Crippen LogP contribution is -2.46. The molecule has 0 saturated carbocycles. The number of nitrogens with zero attached hydrogens (tertiary/aromatic N) is 6. The Morgan fingerprint density at radius 3 is 2.07 bits per heavy atom. The fraction of sp³-hybridized carbons (Fsp3) is 0.0968. The maximum absolute atomic E-state index is 14.4. The highest BCUT2D eigenvalue weighted by atomic mass is 16.5. The van der Waals surface area contributed by atoms with Crippen molar-refractivity contribution in [3.8, 4) is 22.8 Å². The number of aromatic amines is 1. The number of H-pyrrole nitrogens is 1. The number of para-hydroxylation sites is 2. The zero-order chi connectivity index (χ0) is 30.5. The Bertz CT molecular complexity index is 2280. The van der Waals surface area contributed by atoms with Crippen LogP contribution in [-0.4, -0.2) is 46.2 Å². The van der Waals surface area contributed by atoms with Crippen molar-refractivity contribution in [2.24, 2.45) is 0 Å². The van der Waals surface area contributed by atoms with E-state index in [9.17, 15) is 24.0 Å². The van der Waals surface area contributed by atoms with Gasteiger partial charge in [0.05, 0.1) is 24.2 Å². The van der Waals surface area contributed by atoms with E-state index < -0.39 is 40.6 Å². The van der Waals surface area contributed by atoms with Crippen molar-refractivity contribution in [3.05, 3.63) is 156 Å². The van der Waals surface area contributed by atoms with Gasteiger partial charge in [0.25, 0.3) is 0 Å². The minimum atomic E-state index is -1.52. The van der Waals surface area contributed by atoms with E-state index >= 15 is 0 Å². The predicted molar refractivity (Wildman–Crippen MR) is 159 cm³/mol. The molecule has 6 aromatic rings. The largest absolute Gasteiger partial charge is 0.497 e. The lowest BCUT2D eigenvalue weighted by molar-refractivity contribution is 0.0855. The number of rotatable bonds is 6. The lowest BCUT2D eigenvalue weighted by atomic mass is 9.91. The number of methoxy groups -OCH3 is 1. The minimum absolute atomic E-state index is 0.00397. The summed E-state index contributed by atoms with van der Waals surface area (Å²) in [6.45, 7) is 0. The number of aromatic nitrogens is 7. The van der Waals surface area contributed by atoms with E-state index in [1.807, 2.05) is 0 Å². The molecule has 0 bridgehead atoms. The maximum atomic E-state index is 14.4. The average Bonchev–Trinajstić information content (AvgIpc) is 3.51. The van der Waals surface area contributed by atoms with E-state index in [4.69, 9.17) is 4.74 Å². The van der Waals surface area contributed by atoms with Crippen LogP contribution in [0.1, 0.15) is 28.1 Å². The first kappa shape index (κ1) is 26.6. The fourth-order valence-electron chi connectivity index (χ4n) is 5.69. The topological polar surface area (TPSA) is 148 Å². The van der Waals surface area contributed by atoms with Crippen molar-refractivity contribution in [1.29, 1.82) is 0 Å². The van der Waals surface area contributed by atoms with Crippen LogP contribution in [0.5, 0.6) is 5.75 Å². The number of carbonyl (C=O) groups excluding carboxylic acids is 1. The van der Waals surface area contributed by atoms with Crippen molar-refractivity contribution < 1.29 is 9.53 Å². The number of hydrogen-bond acceptors (Lipinski definition) is 7. The van der Waals surface area contributed by atoms with Crippen LogP contribution in [-0.2, 0) is 0 Å². The molecule has 3 aromatic carbocycles. The Hall–Kier alpha value is -6.24. The van der Waals surface area contributed by atoms with Gasteiger partial charge in [-0.2, -0.15) is 4.68 Å². The molecule has 4 heterocycles. The number of carbonyl (C=O) groups is 1. The molecule has 0 saturated heterocycles. The van der Waals surface area contributed by atoms with Gasteiger partial charge >= 0.3 is 22.8 Å². The summed E-state index contributed by atoms with van der Waals surface area (Å²) in [5.74, 6) is -0.295. The molecule has 44 heavy (non-hydrogen) atoms. The van der Waals surface area contributed by atoms with Crippen LogP contribution in [0.3, 0.4) is 0 Å². The first-order valence-electron chi connectivity index (χ1n) is 13.5. The first-order chi connectivity index (χ1) is 21.4. The lowest BCUT2D eigenvalue weighted by Gasteiger charge is -2.34. The van der Waals surface area contributed by atoms with E-state index in [-0.39, 0.29) is 17.1 Å². The molecular weight excluding hydrogens is 566 g/mol. The average molecular weight is 590 g/mol. The predicted octanol–water partition coefficient (Wildman–Crippen LogP) is 1.86. The highest BCUT2D eigenvalue weighted by Crippen LogP contribution is 2.39. The third-order valence-corrected chi connectivity index (χ3v) is 7.63. The van der Waals surface area contributed by atoms with Gasteiger partial charge in [0, 0.05) is 17.8 Å². The Kier molecular flexibility index (Phi) is 6.20. The molecular formula is C31H23N7O6. The number of ketones is 1. The van der Waals surface area contributed by atoms with Crippen LogP contribution < -0.4 is 27.5 Å². The van der Waals surface area contributed by atoms with Gasteiger partial charge < -0.3 is 4.74 Å². The Morgan fingerprint density at radius 1 is 0.773 bits per heavy atom. The normalized spacial score (nSPS) is 15.4. The molecule has 2 unspecified atom stereocenters. The van der Waals surface area contributed by atoms with Crippen LogP contribution in [0.2, 0.25) is 0 Å². The molecule has 0 fully saturated rings. The quantitative estimate of drug-likeness (QED) is 0.292. The number of Topliss-reactive ketones (excluding diaryl/α,β-unsaturated/α-hetero) is 1. The van der Waals surface area contributed by atoms with E-state index in [1.54, 1.807) is 84.9 Å². The van der Waals surface area contributed by atoms with Crippen molar-refractivity contribution >= 4 is 5.78 Å². The molecule has 2 atom stereocenters. The molecule has 7 rings (SSSR count). The molecule has 1 aliphatic heterocycles. The SMILES string of the molecule is COc1ccc2c(c1)-n1c(=O)n(-c3ccccc3)c(=O)n1C(C(=O)c1ccccn1)C2n1[nH]c(=O)n(-c2ccccc2)c1=O. The van der Waals surface area contributed by atoms with E-state index in [1.165, 1.54) is 25.4 Å². The van der Waals surface area contributed by atoms with Crippen molar-refractivity contribution in [1.82, 2.24) is 33.3 Å². The van der Waals surface area contributed by atoms with Gasteiger partial charge in [-0.3, -0.25) is 9.78 Å². The molecule has 3 aromatic heterocycles. The van der Waals surface area contributed by atoms with Crippen LogP contribution >= 0.6 is 0 Å². The smallest absolute Gasteiger partial charge is 0.356 e. The summed E-state index contributed by atoms with van der Waals surface area (Å²) in [6.07, 6.45) is 1.43. The first-order valence-corrected chi connectivity index (χ1v) is 13.5. The summed E-state index contributed by atoms with van der Waals surface area (Å²) < 4.78 is 10.5. The van der Waals surface area contributed by atoms with E-state index in [0.29, 0.717) is 17.0 Å². The molecule has 1 aliphatic rings. The standard InChI is InChI=1S/C31H23N7O6/c1-44-21-15-16-22-24(18-21)37-30(42)35(20-12-6-3-7-13-20)31(43)38(37)26(27(39)23-14-8-9-17-32-23)25(22)36-29(41)34(28(40)33-36)19-10-4-2-5-11-19/h2-18,25-26H,1H3,(H,33,40). The number of ether oxygens (including phenoxy) is 1. The summed E-state index contributed by atoms with van der Waals surface area (Å²) >= 11 is 0. The van der Waals surface area contributed by atoms with Crippen molar-refractivity contribution in [2.75, 3.05) is 7.11 Å². The zero-order valence-electron chi connectivity index (χ0n) is 23.1. The van der Waals surface area contributed by atoms with Gasteiger partial charge in [0.15, 0.2) is 0 Å². The number of hydrogen-bond donors (Lipinski definition) is 1. The van der Waals surface area contributed by atoms with Gasteiger partial charge in [-0.1, -0.05) is 48.5 Å². The maximum Gasteiger partial charge on any atom is 0.356 e. The second kappa shape index (κ2) is 10.2. The van der Waals surface area contributed by atoms with Gasteiger partial charge in [0.1, 0.15) is 23.5 Å². The molecule has 0 amide bonds. The van der Waals surface area contributed by atoms with Crippen molar-refractivity contribution in [2.45, 2.75) is 12.1 Å². The number of benzene rings is 3. The Morgan fingerprint density at radius 2 is 1.43 bits per heavy atom. The van der Waals surface area contributed by atoms with E-state index in [2.05, 4.69) is 10.1 Å². The minimum Gasteiger partial charge on any atom is -0.497 e. The van der Waals surface area contributed by atoms with Crippen molar-refractivity contribution in [3.63, 3.8) is 0 Å². The third-order valence-electron chi connectivity index (χ3n) is 7.63.